The Labute approximate surface area is 61.8 Å². The number of hydrogen-bond donors (Lipinski definition) is 1. The highest BCUT2D eigenvalue weighted by molar-refractivity contribution is 5.25. The zero-order valence-electron chi connectivity index (χ0n) is 6.48. The first kappa shape index (κ1) is 6.41. The fraction of sp³-hybridized carbons (Fsp3) is 0.778. The van der Waals surface area contributed by atoms with Crippen LogP contribution in [0.25, 0.3) is 0 Å². The van der Waals surface area contributed by atoms with Crippen LogP contribution in [0.15, 0.2) is 12.2 Å². The van der Waals surface area contributed by atoms with Crippen molar-refractivity contribution in [2.24, 2.45) is 5.41 Å². The van der Waals surface area contributed by atoms with Gasteiger partial charge in [0, 0.05) is 0 Å². The largest absolute Gasteiger partial charge is 0.390 e. The minimum atomic E-state index is -0.355. The summed E-state index contributed by atoms with van der Waals surface area (Å²) in [5.74, 6) is 0. The molecule has 0 amide bonds. The summed E-state index contributed by atoms with van der Waals surface area (Å²) in [5.41, 5.74) is 1.20. The van der Waals surface area contributed by atoms with E-state index in [9.17, 15) is 5.11 Å². The zero-order valence-corrected chi connectivity index (χ0v) is 6.48. The molecular formula is C9H14O. The molecule has 0 aromatic rings. The molecule has 0 unspecified atom stereocenters. The molecule has 2 aliphatic rings. The lowest BCUT2D eigenvalue weighted by Gasteiger charge is -2.24. The summed E-state index contributed by atoms with van der Waals surface area (Å²) in [6, 6.07) is 0. The third kappa shape index (κ3) is 0.615. The Bertz CT molecular complexity index is 197. The van der Waals surface area contributed by atoms with Gasteiger partial charge in [-0.3, -0.25) is 0 Å². The molecule has 1 heteroatoms. The fourth-order valence-corrected chi connectivity index (χ4v) is 2.47. The fourth-order valence-electron chi connectivity index (χ4n) is 2.47. The van der Waals surface area contributed by atoms with Crippen LogP contribution in [0.2, 0.25) is 0 Å². The van der Waals surface area contributed by atoms with Crippen LogP contribution in [-0.4, -0.2) is 10.7 Å². The summed E-state index contributed by atoms with van der Waals surface area (Å²) < 4.78 is 0. The van der Waals surface area contributed by atoms with Crippen LogP contribution in [0.3, 0.4) is 0 Å². The Morgan fingerprint density at radius 2 is 2.20 bits per heavy atom. The van der Waals surface area contributed by atoms with E-state index in [1.807, 2.05) is 0 Å². The van der Waals surface area contributed by atoms with E-state index in [0.717, 1.165) is 25.7 Å². The Hall–Kier alpha value is -0.300. The van der Waals surface area contributed by atoms with E-state index < -0.39 is 0 Å². The van der Waals surface area contributed by atoms with Gasteiger partial charge in [-0.15, -0.1) is 0 Å². The summed E-state index contributed by atoms with van der Waals surface area (Å²) in [4.78, 5) is 0. The molecule has 2 aliphatic carbocycles. The Kier molecular flexibility index (Phi) is 0.946. The second-order valence-electron chi connectivity index (χ2n) is 4.24. The monoisotopic (exact) mass is 138 g/mol. The number of hydrogen-bond acceptors (Lipinski definition) is 1. The summed E-state index contributed by atoms with van der Waals surface area (Å²) >= 11 is 0. The van der Waals surface area contributed by atoms with E-state index >= 15 is 0 Å². The lowest BCUT2D eigenvalue weighted by atomic mass is 9.82. The predicted molar refractivity (Wildman–Crippen MR) is 40.7 cm³/mol. The van der Waals surface area contributed by atoms with Gasteiger partial charge in [-0.05, 0) is 31.1 Å². The molecule has 1 N–H and O–H groups in total. The number of aliphatic hydroxyl groups is 1. The van der Waals surface area contributed by atoms with Gasteiger partial charge in [-0.2, -0.15) is 0 Å². The lowest BCUT2D eigenvalue weighted by molar-refractivity contribution is 0.0575. The van der Waals surface area contributed by atoms with Crippen molar-refractivity contribution in [1.82, 2.24) is 0 Å². The van der Waals surface area contributed by atoms with E-state index in [2.05, 4.69) is 13.5 Å². The standard InChI is InChI=1S/C9H14O/c1-7-5-9(10)4-3-8(7,2)6-9/h10H,1,3-6H2,2H3/t8-,9-/m0/s1. The zero-order chi connectivity index (χ0) is 7.41. The van der Waals surface area contributed by atoms with Gasteiger partial charge in [0.05, 0.1) is 5.60 Å². The molecule has 0 aliphatic heterocycles. The van der Waals surface area contributed by atoms with Gasteiger partial charge >= 0.3 is 0 Å². The minimum absolute atomic E-state index is 0.286. The molecule has 2 fully saturated rings. The highest BCUT2D eigenvalue weighted by Gasteiger charge is 2.52. The first-order valence-electron chi connectivity index (χ1n) is 3.95. The third-order valence-electron chi connectivity index (χ3n) is 3.26. The molecule has 0 spiro atoms. The summed E-state index contributed by atoms with van der Waals surface area (Å²) in [6.45, 7) is 6.22. The van der Waals surface area contributed by atoms with E-state index in [1.54, 1.807) is 0 Å². The van der Waals surface area contributed by atoms with Crippen molar-refractivity contribution < 1.29 is 5.11 Å². The second kappa shape index (κ2) is 1.48. The molecule has 2 bridgehead atoms. The lowest BCUT2D eigenvalue weighted by Crippen LogP contribution is -2.21. The number of rotatable bonds is 0. The summed E-state index contributed by atoms with van der Waals surface area (Å²) in [7, 11) is 0. The summed E-state index contributed by atoms with van der Waals surface area (Å²) in [5, 5.41) is 9.82. The third-order valence-corrected chi connectivity index (χ3v) is 3.26. The van der Waals surface area contributed by atoms with Gasteiger partial charge in [0.15, 0.2) is 0 Å². The second-order valence-corrected chi connectivity index (χ2v) is 4.24. The van der Waals surface area contributed by atoms with Gasteiger partial charge < -0.3 is 5.11 Å². The van der Waals surface area contributed by atoms with Crippen molar-refractivity contribution in [3.63, 3.8) is 0 Å². The molecule has 0 heterocycles. The first-order valence-corrected chi connectivity index (χ1v) is 3.95. The quantitative estimate of drug-likeness (QED) is 0.507. The molecule has 10 heavy (non-hydrogen) atoms. The van der Waals surface area contributed by atoms with Crippen LogP contribution in [0, 0.1) is 5.41 Å². The minimum Gasteiger partial charge on any atom is -0.390 e. The average Bonchev–Trinajstić information content (AvgIpc) is 2.17. The van der Waals surface area contributed by atoms with Gasteiger partial charge in [0.1, 0.15) is 0 Å². The van der Waals surface area contributed by atoms with E-state index in [4.69, 9.17) is 0 Å². The molecule has 56 valence electrons. The van der Waals surface area contributed by atoms with Crippen molar-refractivity contribution >= 4 is 0 Å². The van der Waals surface area contributed by atoms with Crippen molar-refractivity contribution in [2.75, 3.05) is 0 Å². The first-order chi connectivity index (χ1) is 4.54. The van der Waals surface area contributed by atoms with Crippen molar-refractivity contribution in [2.45, 2.75) is 38.2 Å². The average molecular weight is 138 g/mol. The van der Waals surface area contributed by atoms with Crippen LogP contribution in [0.1, 0.15) is 32.6 Å². The normalized spacial score (nSPS) is 52.4. The highest BCUT2D eigenvalue weighted by atomic mass is 16.3. The Morgan fingerprint density at radius 3 is 2.40 bits per heavy atom. The maximum absolute atomic E-state index is 9.82. The molecule has 0 radical (unpaired) electrons. The van der Waals surface area contributed by atoms with Crippen molar-refractivity contribution in [1.29, 1.82) is 0 Å². The smallest absolute Gasteiger partial charge is 0.0693 e. The predicted octanol–water partition coefficient (Wildman–Crippen LogP) is 1.87. The molecule has 0 aromatic heterocycles. The topological polar surface area (TPSA) is 20.2 Å². The Balaban J connectivity index is 2.36. The van der Waals surface area contributed by atoms with Gasteiger partial charge in [-0.25, -0.2) is 0 Å². The van der Waals surface area contributed by atoms with Crippen LogP contribution < -0.4 is 0 Å². The van der Waals surface area contributed by atoms with E-state index in [-0.39, 0.29) is 11.0 Å². The van der Waals surface area contributed by atoms with Crippen LogP contribution in [0.5, 0.6) is 0 Å². The van der Waals surface area contributed by atoms with Crippen LogP contribution in [0.4, 0.5) is 0 Å². The molecule has 2 saturated carbocycles. The van der Waals surface area contributed by atoms with Gasteiger partial charge in [0.2, 0.25) is 0 Å². The molecule has 0 saturated heterocycles. The van der Waals surface area contributed by atoms with Crippen LogP contribution in [-0.2, 0) is 0 Å². The van der Waals surface area contributed by atoms with Gasteiger partial charge in [-0.1, -0.05) is 19.1 Å². The van der Waals surface area contributed by atoms with E-state index in [1.165, 1.54) is 5.57 Å². The number of fused-ring (bicyclic) bond motifs is 2. The van der Waals surface area contributed by atoms with Gasteiger partial charge in [0.25, 0.3) is 0 Å². The Morgan fingerprint density at radius 1 is 1.50 bits per heavy atom. The van der Waals surface area contributed by atoms with Crippen LogP contribution >= 0.6 is 0 Å². The highest BCUT2D eigenvalue weighted by Crippen LogP contribution is 2.58. The maximum Gasteiger partial charge on any atom is 0.0693 e. The van der Waals surface area contributed by atoms with Crippen molar-refractivity contribution in [3.8, 4) is 0 Å². The molecule has 1 nitrogen and oxygen atoms in total. The molecule has 2 atom stereocenters. The summed E-state index contributed by atoms with van der Waals surface area (Å²) in [6.07, 6.45) is 3.94. The molecule has 0 aromatic carbocycles. The van der Waals surface area contributed by atoms with E-state index in [0.29, 0.717) is 0 Å². The molecule has 2 rings (SSSR count). The molecular weight excluding hydrogens is 124 g/mol. The van der Waals surface area contributed by atoms with Crippen molar-refractivity contribution in [3.05, 3.63) is 12.2 Å². The maximum atomic E-state index is 9.82. The SMILES string of the molecule is C=C1C[C@@]2(O)CC[C@@]1(C)C2.